The van der Waals surface area contributed by atoms with Gasteiger partial charge in [-0.25, -0.2) is 0 Å². The number of nitrogens with one attached hydrogen (secondary N) is 1. The molecule has 0 saturated carbocycles. The van der Waals surface area contributed by atoms with Crippen molar-refractivity contribution < 1.29 is 14.0 Å². The molecular weight excluding hydrogens is 314 g/mol. The number of rotatable bonds is 5. The highest BCUT2D eigenvalue weighted by atomic mass is 16.3. The molecule has 1 amide bonds. The number of furan rings is 1. The SMILES string of the molecule is CCc1c(C(=O)/C=C/c2ccc(NC(C)=O)cc2)oc2ccccc12. The van der Waals surface area contributed by atoms with E-state index in [9.17, 15) is 9.59 Å². The molecule has 3 rings (SSSR count). The van der Waals surface area contributed by atoms with Gasteiger partial charge in [0.05, 0.1) is 0 Å². The summed E-state index contributed by atoms with van der Waals surface area (Å²) in [5, 5.41) is 3.70. The summed E-state index contributed by atoms with van der Waals surface area (Å²) >= 11 is 0. The van der Waals surface area contributed by atoms with E-state index in [1.165, 1.54) is 13.0 Å². The highest BCUT2D eigenvalue weighted by Gasteiger charge is 2.16. The maximum Gasteiger partial charge on any atom is 0.221 e. The lowest BCUT2D eigenvalue weighted by Crippen LogP contribution is -2.05. The molecule has 1 N–H and O–H groups in total. The largest absolute Gasteiger partial charge is 0.452 e. The molecule has 0 spiro atoms. The summed E-state index contributed by atoms with van der Waals surface area (Å²) in [5.74, 6) is 0.129. The van der Waals surface area contributed by atoms with E-state index in [2.05, 4.69) is 5.32 Å². The van der Waals surface area contributed by atoms with Crippen LogP contribution in [0.3, 0.4) is 0 Å². The van der Waals surface area contributed by atoms with Crippen molar-refractivity contribution in [3.05, 3.63) is 71.5 Å². The van der Waals surface area contributed by atoms with Gasteiger partial charge in [-0.05, 0) is 36.3 Å². The fourth-order valence-corrected chi connectivity index (χ4v) is 2.78. The lowest BCUT2D eigenvalue weighted by molar-refractivity contribution is -0.114. The van der Waals surface area contributed by atoms with Crippen LogP contribution >= 0.6 is 0 Å². The van der Waals surface area contributed by atoms with E-state index in [1.54, 1.807) is 18.2 Å². The Morgan fingerprint density at radius 1 is 1.08 bits per heavy atom. The predicted octanol–water partition coefficient (Wildman–Crippen LogP) is 4.85. The molecule has 1 aromatic heterocycles. The van der Waals surface area contributed by atoms with Gasteiger partial charge < -0.3 is 9.73 Å². The first-order valence-corrected chi connectivity index (χ1v) is 8.19. The first-order valence-electron chi connectivity index (χ1n) is 8.19. The van der Waals surface area contributed by atoms with Gasteiger partial charge in [-0.3, -0.25) is 9.59 Å². The number of allylic oxidation sites excluding steroid dienone is 1. The lowest BCUT2D eigenvalue weighted by Gasteiger charge is -2.01. The second kappa shape index (κ2) is 7.18. The molecule has 25 heavy (non-hydrogen) atoms. The van der Waals surface area contributed by atoms with Gasteiger partial charge in [0.25, 0.3) is 0 Å². The van der Waals surface area contributed by atoms with Gasteiger partial charge in [0.1, 0.15) is 5.58 Å². The van der Waals surface area contributed by atoms with Crippen molar-refractivity contribution in [1.29, 1.82) is 0 Å². The first kappa shape index (κ1) is 16.7. The summed E-state index contributed by atoms with van der Waals surface area (Å²) in [6, 6.07) is 15.0. The average molecular weight is 333 g/mol. The number of hydrogen-bond donors (Lipinski definition) is 1. The van der Waals surface area contributed by atoms with Crippen molar-refractivity contribution >= 4 is 34.4 Å². The van der Waals surface area contributed by atoms with Gasteiger partial charge in [0.2, 0.25) is 11.7 Å². The zero-order valence-electron chi connectivity index (χ0n) is 14.2. The van der Waals surface area contributed by atoms with E-state index in [0.717, 1.165) is 34.2 Å². The van der Waals surface area contributed by atoms with E-state index in [-0.39, 0.29) is 11.7 Å². The molecule has 0 unspecified atom stereocenters. The smallest absolute Gasteiger partial charge is 0.221 e. The minimum absolute atomic E-state index is 0.115. The van der Waals surface area contributed by atoms with Gasteiger partial charge in [0, 0.05) is 23.6 Å². The summed E-state index contributed by atoms with van der Waals surface area (Å²) in [4.78, 5) is 23.6. The van der Waals surface area contributed by atoms with Crippen molar-refractivity contribution in [3.63, 3.8) is 0 Å². The third-order valence-electron chi connectivity index (χ3n) is 3.93. The van der Waals surface area contributed by atoms with Gasteiger partial charge in [-0.1, -0.05) is 43.3 Å². The van der Waals surface area contributed by atoms with Crippen molar-refractivity contribution in [1.82, 2.24) is 0 Å². The van der Waals surface area contributed by atoms with Crippen LogP contribution in [0.1, 0.15) is 35.5 Å². The van der Waals surface area contributed by atoms with Gasteiger partial charge >= 0.3 is 0 Å². The molecule has 0 saturated heterocycles. The van der Waals surface area contributed by atoms with E-state index in [0.29, 0.717) is 5.76 Å². The molecule has 0 fully saturated rings. The first-order chi connectivity index (χ1) is 12.1. The maximum absolute atomic E-state index is 12.5. The van der Waals surface area contributed by atoms with E-state index in [1.807, 2.05) is 43.3 Å². The van der Waals surface area contributed by atoms with Crippen molar-refractivity contribution in [3.8, 4) is 0 Å². The summed E-state index contributed by atoms with van der Waals surface area (Å²) < 4.78 is 5.75. The fourth-order valence-electron chi connectivity index (χ4n) is 2.78. The van der Waals surface area contributed by atoms with Crippen LogP contribution in [0.25, 0.3) is 17.0 Å². The molecule has 0 aliphatic rings. The fraction of sp³-hybridized carbons (Fsp3) is 0.143. The number of hydrogen-bond acceptors (Lipinski definition) is 3. The normalized spacial score (nSPS) is 11.1. The number of para-hydroxylation sites is 1. The Kier molecular flexibility index (Phi) is 4.80. The average Bonchev–Trinajstić information content (AvgIpc) is 2.99. The minimum atomic E-state index is -0.154. The van der Waals surface area contributed by atoms with E-state index >= 15 is 0 Å². The topological polar surface area (TPSA) is 59.3 Å². The number of fused-ring (bicyclic) bond motifs is 1. The zero-order valence-corrected chi connectivity index (χ0v) is 14.2. The van der Waals surface area contributed by atoms with Crippen molar-refractivity contribution in [2.75, 3.05) is 5.32 Å². The van der Waals surface area contributed by atoms with Crippen LogP contribution in [0.15, 0.2) is 59.0 Å². The molecule has 0 aliphatic carbocycles. The molecule has 4 nitrogen and oxygen atoms in total. The summed E-state index contributed by atoms with van der Waals surface area (Å²) in [7, 11) is 0. The van der Waals surface area contributed by atoms with Crippen molar-refractivity contribution in [2.24, 2.45) is 0 Å². The van der Waals surface area contributed by atoms with Crippen LogP contribution in [0.5, 0.6) is 0 Å². The molecule has 0 atom stereocenters. The maximum atomic E-state index is 12.5. The summed E-state index contributed by atoms with van der Waals surface area (Å²) in [6.07, 6.45) is 3.99. The number of amides is 1. The third-order valence-corrected chi connectivity index (χ3v) is 3.93. The van der Waals surface area contributed by atoms with Gasteiger partial charge in [0.15, 0.2) is 5.76 Å². The zero-order chi connectivity index (χ0) is 17.8. The number of ketones is 1. The van der Waals surface area contributed by atoms with E-state index in [4.69, 9.17) is 4.42 Å². The highest BCUT2D eigenvalue weighted by molar-refractivity contribution is 6.08. The summed E-state index contributed by atoms with van der Waals surface area (Å²) in [5.41, 5.74) is 3.26. The Bertz CT molecular complexity index is 949. The molecule has 0 radical (unpaired) electrons. The molecule has 1 heterocycles. The second-order valence-electron chi connectivity index (χ2n) is 5.76. The molecule has 126 valence electrons. The predicted molar refractivity (Wildman–Crippen MR) is 99.7 cm³/mol. The molecule has 0 aliphatic heterocycles. The lowest BCUT2D eigenvalue weighted by atomic mass is 10.1. The van der Waals surface area contributed by atoms with Crippen LogP contribution in [0.4, 0.5) is 5.69 Å². The molecule has 2 aromatic carbocycles. The Morgan fingerprint density at radius 3 is 2.48 bits per heavy atom. The van der Waals surface area contributed by atoms with Crippen molar-refractivity contribution in [2.45, 2.75) is 20.3 Å². The Hall–Kier alpha value is -3.14. The van der Waals surface area contributed by atoms with Crippen LogP contribution < -0.4 is 5.32 Å². The summed E-state index contributed by atoms with van der Waals surface area (Å²) in [6.45, 7) is 3.48. The Balaban J connectivity index is 1.82. The third kappa shape index (κ3) is 3.69. The standard InChI is InChI=1S/C21H19NO3/c1-3-17-18-6-4-5-7-20(18)25-21(17)19(24)13-10-15-8-11-16(12-9-15)22-14(2)23/h4-13H,3H2,1-2H3,(H,22,23)/b13-10+. The minimum Gasteiger partial charge on any atom is -0.452 e. The second-order valence-corrected chi connectivity index (χ2v) is 5.76. The quantitative estimate of drug-likeness (QED) is 0.536. The van der Waals surface area contributed by atoms with Crippen LogP contribution in [-0.4, -0.2) is 11.7 Å². The van der Waals surface area contributed by atoms with Crippen LogP contribution in [0, 0.1) is 0 Å². The number of carbonyl (C=O) groups is 2. The molecular formula is C21H19NO3. The monoisotopic (exact) mass is 333 g/mol. The molecule has 3 aromatic rings. The van der Waals surface area contributed by atoms with Gasteiger partial charge in [-0.15, -0.1) is 0 Å². The number of anilines is 1. The number of carbonyl (C=O) groups excluding carboxylic acids is 2. The van der Waals surface area contributed by atoms with Crippen LogP contribution in [-0.2, 0) is 11.2 Å². The Labute approximate surface area is 146 Å². The molecule has 0 bridgehead atoms. The molecule has 4 heteroatoms. The Morgan fingerprint density at radius 2 is 1.80 bits per heavy atom. The highest BCUT2D eigenvalue weighted by Crippen LogP contribution is 2.27. The number of aryl methyl sites for hydroxylation is 1. The number of benzene rings is 2. The van der Waals surface area contributed by atoms with E-state index < -0.39 is 0 Å². The van der Waals surface area contributed by atoms with Crippen LogP contribution in [0.2, 0.25) is 0 Å². The van der Waals surface area contributed by atoms with Gasteiger partial charge in [-0.2, -0.15) is 0 Å².